The summed E-state index contributed by atoms with van der Waals surface area (Å²) in [7, 11) is 0. The summed E-state index contributed by atoms with van der Waals surface area (Å²) in [6, 6.07) is 5.63. The summed E-state index contributed by atoms with van der Waals surface area (Å²) in [5.41, 5.74) is 0.664. The normalized spacial score (nSPS) is 17.2. The van der Waals surface area contributed by atoms with Crippen LogP contribution in [0.5, 0.6) is 0 Å². The Hall–Kier alpha value is 0.0164. The van der Waals surface area contributed by atoms with Crippen LogP contribution in [0.3, 0.4) is 0 Å². The van der Waals surface area contributed by atoms with Gasteiger partial charge in [-0.15, -0.1) is 0 Å². The second-order valence-corrected chi connectivity index (χ2v) is 3.84. The second kappa shape index (κ2) is 6.09. The van der Waals surface area contributed by atoms with Gasteiger partial charge in [0.2, 0.25) is 0 Å². The minimum absolute atomic E-state index is 0. The van der Waals surface area contributed by atoms with Crippen LogP contribution in [0.4, 0.5) is 4.39 Å². The van der Waals surface area contributed by atoms with Gasteiger partial charge in [0.1, 0.15) is 5.82 Å². The Morgan fingerprint density at radius 3 is 2.44 bits per heavy atom. The molecule has 6 heteroatoms. The van der Waals surface area contributed by atoms with Gasteiger partial charge in [0.05, 0.1) is 4.91 Å². The monoisotopic (exact) mass is 261 g/mol. The van der Waals surface area contributed by atoms with E-state index in [1.165, 1.54) is 30.3 Å². The molecule has 0 aliphatic carbocycles. The van der Waals surface area contributed by atoms with Crippen LogP contribution in [0.15, 0.2) is 34.2 Å². The Kier molecular flexibility index (Phi) is 5.36. The van der Waals surface area contributed by atoms with Crippen LogP contribution >= 0.6 is 11.8 Å². The number of thioether (sulfide) groups is 1. The van der Waals surface area contributed by atoms with E-state index in [9.17, 15) is 14.3 Å². The van der Waals surface area contributed by atoms with Crippen LogP contribution in [-0.4, -0.2) is 62.5 Å². The van der Waals surface area contributed by atoms with E-state index in [2.05, 4.69) is 4.99 Å². The number of halogens is 1. The molecule has 16 heavy (non-hydrogen) atoms. The first-order valence-corrected chi connectivity index (χ1v) is 4.92. The third kappa shape index (κ3) is 3.51. The van der Waals surface area contributed by atoms with Crippen molar-refractivity contribution in [1.29, 1.82) is 0 Å². The molecule has 3 nitrogen and oxygen atoms in total. The molecular weight excluding hydrogens is 256 g/mol. The Labute approximate surface area is 138 Å². The van der Waals surface area contributed by atoms with Crippen LogP contribution in [0, 0.1) is 5.82 Å². The molecule has 1 amide bonds. The number of benzene rings is 1. The molecule has 1 aliphatic heterocycles. The number of amides is 1. The van der Waals surface area contributed by atoms with Crippen LogP contribution in [0.2, 0.25) is 0 Å². The van der Waals surface area contributed by atoms with Crippen molar-refractivity contribution >= 4 is 80.4 Å². The summed E-state index contributed by atoms with van der Waals surface area (Å²) in [6.07, 6.45) is 1.51. The van der Waals surface area contributed by atoms with Crippen LogP contribution in [0.25, 0.3) is 6.08 Å². The zero-order valence-electron chi connectivity index (χ0n) is 8.44. The Bertz CT molecular complexity index is 470. The molecule has 1 heterocycles. The molecule has 0 unspecified atom stereocenters. The number of rotatable bonds is 1. The number of carbonyl (C=O) groups excluding carboxylic acids is 1. The Morgan fingerprint density at radius 2 is 1.94 bits per heavy atom. The SMILES string of the molecule is O=C1N=C([O-])S/C1=C\c1ccc(F)cc1.[K]. The van der Waals surface area contributed by atoms with Gasteiger partial charge in [0, 0.05) is 56.6 Å². The average Bonchev–Trinajstić information content (AvgIpc) is 2.49. The van der Waals surface area contributed by atoms with Crippen molar-refractivity contribution in [3.05, 3.63) is 40.6 Å². The third-order valence-electron chi connectivity index (χ3n) is 1.77. The summed E-state index contributed by atoms with van der Waals surface area (Å²) >= 11 is 0.785. The standard InChI is InChI=1S/C10H6FNO2S.K/c11-7-3-1-6(2-4-7)5-8-9(13)12-10(14)15-8;/h1-5H,(H,12,13,14);/p-1/b8-5-;. The summed E-state index contributed by atoms with van der Waals surface area (Å²) in [6.45, 7) is 0. The van der Waals surface area contributed by atoms with E-state index in [1.807, 2.05) is 0 Å². The summed E-state index contributed by atoms with van der Waals surface area (Å²) in [5, 5.41) is 10.3. The fourth-order valence-corrected chi connectivity index (χ4v) is 1.74. The maximum atomic E-state index is 12.6. The fourth-order valence-electron chi connectivity index (χ4n) is 1.10. The van der Waals surface area contributed by atoms with Gasteiger partial charge in [-0.2, -0.15) is 0 Å². The van der Waals surface area contributed by atoms with E-state index in [-0.39, 0.29) is 62.1 Å². The van der Waals surface area contributed by atoms with Crippen LogP contribution in [-0.2, 0) is 4.79 Å². The largest absolute Gasteiger partial charge is 0.853 e. The van der Waals surface area contributed by atoms with Crippen molar-refractivity contribution in [2.75, 3.05) is 0 Å². The van der Waals surface area contributed by atoms with E-state index in [1.54, 1.807) is 0 Å². The van der Waals surface area contributed by atoms with E-state index in [0.29, 0.717) is 5.56 Å². The average molecular weight is 261 g/mol. The molecule has 0 atom stereocenters. The predicted octanol–water partition coefficient (Wildman–Crippen LogP) is 0.776. The molecule has 1 aromatic rings. The van der Waals surface area contributed by atoms with Crippen molar-refractivity contribution in [2.24, 2.45) is 4.99 Å². The number of aliphatic imine (C=N–C) groups is 1. The maximum Gasteiger partial charge on any atom is 0.283 e. The van der Waals surface area contributed by atoms with Gasteiger partial charge in [0.15, 0.2) is 0 Å². The quantitative estimate of drug-likeness (QED) is 0.554. The first kappa shape index (κ1) is 14.1. The molecule has 0 fully saturated rings. The fraction of sp³-hybridized carbons (Fsp3) is 0. The number of hydrogen-bond donors (Lipinski definition) is 0. The van der Waals surface area contributed by atoms with Gasteiger partial charge in [-0.3, -0.25) is 4.79 Å². The van der Waals surface area contributed by atoms with E-state index in [0.717, 1.165) is 11.8 Å². The first-order chi connectivity index (χ1) is 7.15. The minimum atomic E-state index is -0.533. The molecule has 0 spiro atoms. The van der Waals surface area contributed by atoms with E-state index < -0.39 is 11.1 Å². The summed E-state index contributed by atoms with van der Waals surface area (Å²) in [5.74, 6) is -0.877. The molecule has 0 aromatic heterocycles. The van der Waals surface area contributed by atoms with Gasteiger partial charge in [-0.05, 0) is 23.8 Å². The molecule has 0 bridgehead atoms. The number of nitrogens with zero attached hydrogens (tertiary/aromatic N) is 1. The van der Waals surface area contributed by atoms with Crippen molar-refractivity contribution < 1.29 is 14.3 Å². The van der Waals surface area contributed by atoms with E-state index in [4.69, 9.17) is 0 Å². The Balaban J connectivity index is 0.00000128. The molecule has 0 saturated heterocycles. The summed E-state index contributed by atoms with van der Waals surface area (Å²) < 4.78 is 12.6. The predicted molar refractivity (Wildman–Crippen MR) is 60.2 cm³/mol. The zero-order chi connectivity index (χ0) is 10.8. The maximum absolute atomic E-state index is 12.6. The first-order valence-electron chi connectivity index (χ1n) is 4.10. The molecule has 0 saturated carbocycles. The smallest absolute Gasteiger partial charge is 0.283 e. The zero-order valence-corrected chi connectivity index (χ0v) is 12.4. The van der Waals surface area contributed by atoms with Gasteiger partial charge >= 0.3 is 0 Å². The molecule has 1 aromatic carbocycles. The molecule has 1 aliphatic rings. The van der Waals surface area contributed by atoms with Gasteiger partial charge in [0.25, 0.3) is 5.91 Å². The number of carbonyl (C=O) groups is 1. The van der Waals surface area contributed by atoms with Crippen LogP contribution in [0.1, 0.15) is 5.56 Å². The van der Waals surface area contributed by atoms with Crippen molar-refractivity contribution in [1.82, 2.24) is 0 Å². The van der Waals surface area contributed by atoms with Gasteiger partial charge in [-0.25, -0.2) is 9.38 Å². The summed E-state index contributed by atoms with van der Waals surface area (Å²) in [4.78, 5) is 14.6. The molecule has 77 valence electrons. The molecular formula is C10H5FKNO2S-. The number of hydrogen-bond acceptors (Lipinski definition) is 3. The Morgan fingerprint density at radius 1 is 1.31 bits per heavy atom. The minimum Gasteiger partial charge on any atom is -0.853 e. The molecule has 2 rings (SSSR count). The third-order valence-corrected chi connectivity index (χ3v) is 2.55. The second-order valence-electron chi connectivity index (χ2n) is 2.85. The molecule has 0 N–H and O–H groups in total. The van der Waals surface area contributed by atoms with Gasteiger partial charge < -0.3 is 5.11 Å². The van der Waals surface area contributed by atoms with Crippen molar-refractivity contribution in [3.8, 4) is 0 Å². The van der Waals surface area contributed by atoms with Gasteiger partial charge in [-0.1, -0.05) is 23.9 Å². The van der Waals surface area contributed by atoms with Crippen molar-refractivity contribution in [2.45, 2.75) is 0 Å². The molecule has 1 radical (unpaired) electrons. The topological polar surface area (TPSA) is 52.5 Å². The van der Waals surface area contributed by atoms with Crippen molar-refractivity contribution in [3.63, 3.8) is 0 Å². The van der Waals surface area contributed by atoms with Crippen LogP contribution < -0.4 is 5.11 Å². The van der Waals surface area contributed by atoms with E-state index >= 15 is 0 Å².